The van der Waals surface area contributed by atoms with Crippen molar-refractivity contribution >= 4 is 29.9 Å². The van der Waals surface area contributed by atoms with Gasteiger partial charge in [0.25, 0.3) is 0 Å². The summed E-state index contributed by atoms with van der Waals surface area (Å²) in [5.74, 6) is 0.935. The van der Waals surface area contributed by atoms with Crippen LogP contribution in [0, 0.1) is 0 Å². The highest BCUT2D eigenvalue weighted by Crippen LogP contribution is 2.05. The van der Waals surface area contributed by atoms with Gasteiger partial charge in [-0.1, -0.05) is 0 Å². The van der Waals surface area contributed by atoms with Crippen molar-refractivity contribution in [2.45, 2.75) is 39.7 Å². The first-order chi connectivity index (χ1) is 11.2. The van der Waals surface area contributed by atoms with Gasteiger partial charge in [-0.25, -0.2) is 0 Å². The van der Waals surface area contributed by atoms with Crippen molar-refractivity contribution in [1.29, 1.82) is 0 Å². The standard InChI is InChI=1S/C17H37N5O.HI/c1-5-18-17(19-9-7-8-14-23-6-2)20-15-16(3)22-12-10-21(4)11-13-22;/h16H,5-15H2,1-4H3,(H2,18,19,20);1H. The average Bonchev–Trinajstić information content (AvgIpc) is 2.56. The Balaban J connectivity index is 0.00000529. The third kappa shape index (κ3) is 10.7. The average molecular weight is 455 g/mol. The predicted octanol–water partition coefficient (Wildman–Crippen LogP) is 1.61. The molecule has 0 amide bonds. The molecule has 1 unspecified atom stereocenters. The van der Waals surface area contributed by atoms with Gasteiger partial charge >= 0.3 is 0 Å². The van der Waals surface area contributed by atoms with Crippen LogP contribution in [-0.2, 0) is 4.74 Å². The van der Waals surface area contributed by atoms with Crippen molar-refractivity contribution in [2.24, 2.45) is 4.99 Å². The van der Waals surface area contributed by atoms with Crippen LogP contribution in [0.4, 0.5) is 0 Å². The van der Waals surface area contributed by atoms with Gasteiger partial charge in [0.2, 0.25) is 0 Å². The number of piperazine rings is 1. The maximum Gasteiger partial charge on any atom is 0.191 e. The maximum absolute atomic E-state index is 5.36. The summed E-state index contributed by atoms with van der Waals surface area (Å²) in [5, 5.41) is 6.75. The first kappa shape index (κ1) is 23.9. The Hall–Kier alpha value is -0.120. The van der Waals surface area contributed by atoms with E-state index in [9.17, 15) is 0 Å². The molecule has 0 spiro atoms. The van der Waals surface area contributed by atoms with E-state index in [-0.39, 0.29) is 24.0 Å². The number of unbranched alkanes of at least 4 members (excludes halogenated alkanes) is 1. The zero-order valence-corrected chi connectivity index (χ0v) is 18.3. The summed E-state index contributed by atoms with van der Waals surface area (Å²) >= 11 is 0. The second-order valence-electron chi connectivity index (χ2n) is 6.24. The number of nitrogens with one attached hydrogen (secondary N) is 2. The van der Waals surface area contributed by atoms with E-state index < -0.39 is 0 Å². The molecule has 2 N–H and O–H groups in total. The summed E-state index contributed by atoms with van der Waals surface area (Å²) in [6.07, 6.45) is 2.20. The summed E-state index contributed by atoms with van der Waals surface area (Å²) in [6, 6.07) is 0.497. The summed E-state index contributed by atoms with van der Waals surface area (Å²) in [4.78, 5) is 9.68. The molecule has 0 aromatic rings. The molecule has 0 radical (unpaired) electrons. The Morgan fingerprint density at radius 3 is 2.46 bits per heavy atom. The molecule has 0 bridgehead atoms. The van der Waals surface area contributed by atoms with E-state index in [0.29, 0.717) is 6.04 Å². The Morgan fingerprint density at radius 1 is 1.12 bits per heavy atom. The SMILES string of the molecule is CCNC(=NCC(C)N1CCN(C)CC1)NCCCCOCC.I. The molecule has 0 aromatic heterocycles. The largest absolute Gasteiger partial charge is 0.382 e. The molecule has 0 aliphatic carbocycles. The minimum Gasteiger partial charge on any atom is -0.382 e. The Morgan fingerprint density at radius 2 is 1.83 bits per heavy atom. The number of ether oxygens (including phenoxy) is 1. The number of likely N-dealkylation sites (N-methyl/N-ethyl adjacent to an activating group) is 1. The molecule has 1 aliphatic rings. The Bertz CT molecular complexity index is 322. The van der Waals surface area contributed by atoms with Gasteiger partial charge in [0.15, 0.2) is 5.96 Å². The highest BCUT2D eigenvalue weighted by atomic mass is 127. The molecule has 1 atom stereocenters. The number of hydrogen-bond acceptors (Lipinski definition) is 4. The van der Waals surface area contributed by atoms with E-state index >= 15 is 0 Å². The van der Waals surface area contributed by atoms with Crippen molar-refractivity contribution in [1.82, 2.24) is 20.4 Å². The minimum atomic E-state index is 0. The molecule has 1 aliphatic heterocycles. The smallest absolute Gasteiger partial charge is 0.191 e. The summed E-state index contributed by atoms with van der Waals surface area (Å²) < 4.78 is 5.36. The Kier molecular flexibility index (Phi) is 15.1. The molecule has 7 heteroatoms. The zero-order chi connectivity index (χ0) is 16.9. The quantitative estimate of drug-likeness (QED) is 0.227. The van der Waals surface area contributed by atoms with Crippen molar-refractivity contribution in [3.8, 4) is 0 Å². The van der Waals surface area contributed by atoms with Crippen LogP contribution in [0.2, 0.25) is 0 Å². The molecule has 6 nitrogen and oxygen atoms in total. The highest BCUT2D eigenvalue weighted by molar-refractivity contribution is 14.0. The molecular formula is C17H38IN5O. The summed E-state index contributed by atoms with van der Waals surface area (Å²) in [6.45, 7) is 15.4. The monoisotopic (exact) mass is 455 g/mol. The van der Waals surface area contributed by atoms with Crippen LogP contribution in [0.3, 0.4) is 0 Å². The van der Waals surface area contributed by atoms with Gasteiger partial charge in [-0.3, -0.25) is 9.89 Å². The lowest BCUT2D eigenvalue weighted by atomic mass is 10.2. The first-order valence-corrected chi connectivity index (χ1v) is 9.19. The van der Waals surface area contributed by atoms with E-state index in [1.165, 1.54) is 0 Å². The van der Waals surface area contributed by atoms with E-state index in [2.05, 4.69) is 41.3 Å². The fourth-order valence-electron chi connectivity index (χ4n) is 2.62. The van der Waals surface area contributed by atoms with Crippen LogP contribution >= 0.6 is 24.0 Å². The number of rotatable bonds is 10. The van der Waals surface area contributed by atoms with Crippen LogP contribution in [-0.4, -0.2) is 87.9 Å². The van der Waals surface area contributed by atoms with Gasteiger partial charge in [0.05, 0.1) is 6.54 Å². The van der Waals surface area contributed by atoms with Crippen LogP contribution in [0.5, 0.6) is 0 Å². The molecule has 1 saturated heterocycles. The van der Waals surface area contributed by atoms with Crippen molar-refractivity contribution in [3.63, 3.8) is 0 Å². The molecule has 1 rings (SSSR count). The molecular weight excluding hydrogens is 417 g/mol. The maximum atomic E-state index is 5.36. The lowest BCUT2D eigenvalue weighted by molar-refractivity contribution is 0.122. The summed E-state index contributed by atoms with van der Waals surface area (Å²) in [5.41, 5.74) is 0. The molecule has 24 heavy (non-hydrogen) atoms. The third-order valence-corrected chi connectivity index (χ3v) is 4.23. The summed E-state index contributed by atoms with van der Waals surface area (Å²) in [7, 11) is 2.19. The number of hydrogen-bond donors (Lipinski definition) is 2. The van der Waals surface area contributed by atoms with Gasteiger partial charge in [-0.2, -0.15) is 0 Å². The van der Waals surface area contributed by atoms with Gasteiger partial charge in [0, 0.05) is 58.5 Å². The lowest BCUT2D eigenvalue weighted by Gasteiger charge is -2.35. The fraction of sp³-hybridized carbons (Fsp3) is 0.941. The normalized spacial score (nSPS) is 18.1. The Labute approximate surface area is 165 Å². The fourth-order valence-corrected chi connectivity index (χ4v) is 2.62. The topological polar surface area (TPSA) is 52.1 Å². The molecule has 1 heterocycles. The second-order valence-corrected chi connectivity index (χ2v) is 6.24. The zero-order valence-electron chi connectivity index (χ0n) is 16.0. The third-order valence-electron chi connectivity index (χ3n) is 4.23. The number of guanidine groups is 1. The van der Waals surface area contributed by atoms with E-state index in [0.717, 1.165) is 77.8 Å². The van der Waals surface area contributed by atoms with Crippen molar-refractivity contribution in [3.05, 3.63) is 0 Å². The highest BCUT2D eigenvalue weighted by Gasteiger charge is 2.18. The number of nitrogens with zero attached hydrogens (tertiary/aromatic N) is 3. The van der Waals surface area contributed by atoms with Crippen molar-refractivity contribution in [2.75, 3.05) is 66.1 Å². The van der Waals surface area contributed by atoms with Crippen LogP contribution in [0.1, 0.15) is 33.6 Å². The number of aliphatic imine (C=N–C) groups is 1. The van der Waals surface area contributed by atoms with E-state index in [1.54, 1.807) is 0 Å². The molecule has 0 saturated carbocycles. The van der Waals surface area contributed by atoms with Gasteiger partial charge in [0.1, 0.15) is 0 Å². The minimum absolute atomic E-state index is 0. The lowest BCUT2D eigenvalue weighted by Crippen LogP contribution is -2.49. The van der Waals surface area contributed by atoms with E-state index in [4.69, 9.17) is 9.73 Å². The number of halogens is 1. The van der Waals surface area contributed by atoms with Gasteiger partial charge < -0.3 is 20.3 Å². The second kappa shape index (κ2) is 15.2. The molecule has 0 aromatic carbocycles. The van der Waals surface area contributed by atoms with Crippen LogP contribution in [0.15, 0.2) is 4.99 Å². The van der Waals surface area contributed by atoms with E-state index in [1.807, 2.05) is 6.92 Å². The van der Waals surface area contributed by atoms with Crippen LogP contribution in [0.25, 0.3) is 0 Å². The molecule has 144 valence electrons. The first-order valence-electron chi connectivity index (χ1n) is 9.19. The van der Waals surface area contributed by atoms with Crippen LogP contribution < -0.4 is 10.6 Å². The van der Waals surface area contributed by atoms with Gasteiger partial charge in [-0.15, -0.1) is 24.0 Å². The predicted molar refractivity (Wildman–Crippen MR) is 114 cm³/mol. The van der Waals surface area contributed by atoms with Crippen molar-refractivity contribution < 1.29 is 4.74 Å². The molecule has 1 fully saturated rings. The van der Waals surface area contributed by atoms with Gasteiger partial charge in [-0.05, 0) is 40.7 Å².